The van der Waals surface area contributed by atoms with Crippen LogP contribution in [0, 0.1) is 5.92 Å². The number of esters is 1. The van der Waals surface area contributed by atoms with Gasteiger partial charge in [-0.2, -0.15) is 11.3 Å². The highest BCUT2D eigenvalue weighted by Gasteiger charge is 2.47. The van der Waals surface area contributed by atoms with Crippen LogP contribution in [-0.4, -0.2) is 43.2 Å². The van der Waals surface area contributed by atoms with Crippen molar-refractivity contribution < 1.29 is 14.6 Å². The normalized spacial score (nSPS) is 19.1. The Balaban J connectivity index is 2.05. The number of ether oxygens (including phenoxy) is 1. The molecule has 1 fully saturated rings. The summed E-state index contributed by atoms with van der Waals surface area (Å²) in [4.78, 5) is 14.7. The van der Waals surface area contributed by atoms with Gasteiger partial charge in [-0.25, -0.2) is 4.79 Å². The Morgan fingerprint density at radius 2 is 2.14 bits per heavy atom. The molecule has 4 nitrogen and oxygen atoms in total. The first-order valence-corrected chi connectivity index (χ1v) is 9.06. The zero-order chi connectivity index (χ0) is 16.0. The van der Waals surface area contributed by atoms with E-state index in [0.29, 0.717) is 12.2 Å². The monoisotopic (exact) mass is 325 g/mol. The molecule has 2 rings (SSSR count). The van der Waals surface area contributed by atoms with Crippen LogP contribution in [-0.2, 0) is 15.1 Å². The standard InChI is InChI=1S/C17H27NO3S/c1-18(2)10-6-11-21-16(19)17(20,15-9-12-22-13-15)14-7-4-3-5-8-14/h9,12-14,20H,3-8,10-11H2,1-2H3/t17-/m0/s1. The second-order valence-electron chi connectivity index (χ2n) is 6.41. The van der Waals surface area contributed by atoms with Crippen LogP contribution in [0.4, 0.5) is 0 Å². The van der Waals surface area contributed by atoms with Crippen LogP contribution in [0.1, 0.15) is 44.1 Å². The maximum atomic E-state index is 12.6. The van der Waals surface area contributed by atoms with Crippen molar-refractivity contribution in [2.24, 2.45) is 5.92 Å². The summed E-state index contributed by atoms with van der Waals surface area (Å²) in [5.41, 5.74) is -0.777. The van der Waals surface area contributed by atoms with Gasteiger partial charge in [-0.05, 0) is 50.2 Å². The van der Waals surface area contributed by atoms with Crippen molar-refractivity contribution in [3.63, 3.8) is 0 Å². The molecule has 1 aliphatic rings. The van der Waals surface area contributed by atoms with E-state index >= 15 is 0 Å². The predicted molar refractivity (Wildman–Crippen MR) is 88.9 cm³/mol. The van der Waals surface area contributed by atoms with Gasteiger partial charge in [0.05, 0.1) is 6.61 Å². The first kappa shape index (κ1) is 17.4. The Morgan fingerprint density at radius 1 is 1.41 bits per heavy atom. The Hall–Kier alpha value is -0.910. The van der Waals surface area contributed by atoms with Crippen molar-refractivity contribution >= 4 is 17.3 Å². The van der Waals surface area contributed by atoms with E-state index in [9.17, 15) is 9.90 Å². The number of hydrogen-bond acceptors (Lipinski definition) is 5. The summed E-state index contributed by atoms with van der Waals surface area (Å²) in [7, 11) is 3.98. The molecule has 1 saturated carbocycles. The van der Waals surface area contributed by atoms with Gasteiger partial charge in [-0.3, -0.25) is 0 Å². The molecule has 1 atom stereocenters. The molecule has 1 aromatic heterocycles. The van der Waals surface area contributed by atoms with Crippen molar-refractivity contribution in [2.75, 3.05) is 27.2 Å². The number of rotatable bonds is 7. The molecule has 0 bridgehead atoms. The molecule has 0 aromatic carbocycles. The largest absolute Gasteiger partial charge is 0.463 e. The van der Waals surface area contributed by atoms with Crippen molar-refractivity contribution in [1.82, 2.24) is 4.90 Å². The van der Waals surface area contributed by atoms with Crippen molar-refractivity contribution in [1.29, 1.82) is 0 Å². The molecule has 0 radical (unpaired) electrons. The fourth-order valence-corrected chi connectivity index (χ4v) is 3.89. The molecule has 0 amide bonds. The third kappa shape index (κ3) is 4.09. The first-order chi connectivity index (χ1) is 10.5. The molecule has 1 heterocycles. The van der Waals surface area contributed by atoms with E-state index in [0.717, 1.165) is 38.6 Å². The Morgan fingerprint density at radius 3 is 2.73 bits per heavy atom. The summed E-state index contributed by atoms with van der Waals surface area (Å²) < 4.78 is 5.42. The smallest absolute Gasteiger partial charge is 0.343 e. The van der Waals surface area contributed by atoms with E-state index in [1.54, 1.807) is 0 Å². The molecule has 0 spiro atoms. The second kappa shape index (κ2) is 8.09. The van der Waals surface area contributed by atoms with Crippen molar-refractivity contribution in [3.05, 3.63) is 22.4 Å². The van der Waals surface area contributed by atoms with E-state index in [1.165, 1.54) is 17.8 Å². The van der Waals surface area contributed by atoms with Crippen LogP contribution in [0.25, 0.3) is 0 Å². The molecular formula is C17H27NO3S. The topological polar surface area (TPSA) is 49.8 Å². The lowest BCUT2D eigenvalue weighted by molar-refractivity contribution is -0.175. The third-order valence-electron chi connectivity index (χ3n) is 4.45. The molecule has 1 aromatic rings. The van der Waals surface area contributed by atoms with Gasteiger partial charge in [-0.15, -0.1) is 0 Å². The number of aliphatic hydroxyl groups is 1. The minimum atomic E-state index is -1.47. The van der Waals surface area contributed by atoms with E-state index < -0.39 is 11.6 Å². The lowest BCUT2D eigenvalue weighted by atomic mass is 9.74. The third-order valence-corrected chi connectivity index (χ3v) is 5.13. The zero-order valence-electron chi connectivity index (χ0n) is 13.6. The number of thiophene rings is 1. The Kier molecular flexibility index (Phi) is 6.41. The van der Waals surface area contributed by atoms with E-state index in [-0.39, 0.29) is 5.92 Å². The zero-order valence-corrected chi connectivity index (χ0v) is 14.4. The van der Waals surface area contributed by atoms with Gasteiger partial charge >= 0.3 is 5.97 Å². The molecule has 1 N–H and O–H groups in total. The molecule has 0 aliphatic heterocycles. The second-order valence-corrected chi connectivity index (χ2v) is 7.19. The fourth-order valence-electron chi connectivity index (χ4n) is 3.18. The summed E-state index contributed by atoms with van der Waals surface area (Å²) in [6.07, 6.45) is 5.89. The average molecular weight is 325 g/mol. The summed E-state index contributed by atoms with van der Waals surface area (Å²) in [5, 5.41) is 15.0. The lowest BCUT2D eigenvalue weighted by Gasteiger charge is -2.36. The van der Waals surface area contributed by atoms with Crippen molar-refractivity contribution in [2.45, 2.75) is 44.1 Å². The van der Waals surface area contributed by atoms with Crippen LogP contribution in [0.3, 0.4) is 0 Å². The SMILES string of the molecule is CN(C)CCCOC(=O)[C@@](O)(c1ccsc1)C1CCCCC1. The molecule has 0 saturated heterocycles. The molecule has 124 valence electrons. The average Bonchev–Trinajstić information content (AvgIpc) is 3.06. The number of carbonyl (C=O) groups excluding carboxylic acids is 1. The highest BCUT2D eigenvalue weighted by Crippen LogP contribution is 2.41. The van der Waals surface area contributed by atoms with Crippen LogP contribution in [0.15, 0.2) is 16.8 Å². The molecule has 5 heteroatoms. The summed E-state index contributed by atoms with van der Waals surface area (Å²) in [6.45, 7) is 1.23. The highest BCUT2D eigenvalue weighted by atomic mass is 32.1. The van der Waals surface area contributed by atoms with Gasteiger partial charge in [-0.1, -0.05) is 19.3 Å². The van der Waals surface area contributed by atoms with Crippen LogP contribution < -0.4 is 0 Å². The lowest BCUT2D eigenvalue weighted by Crippen LogP contribution is -2.45. The Labute approximate surface area is 137 Å². The fraction of sp³-hybridized carbons (Fsp3) is 0.706. The van der Waals surface area contributed by atoms with E-state index in [4.69, 9.17) is 4.74 Å². The summed E-state index contributed by atoms with van der Waals surface area (Å²) in [5.74, 6) is -0.506. The Bertz CT molecular complexity index is 454. The molecule has 22 heavy (non-hydrogen) atoms. The van der Waals surface area contributed by atoms with E-state index in [2.05, 4.69) is 4.90 Å². The summed E-state index contributed by atoms with van der Waals surface area (Å²) >= 11 is 1.51. The van der Waals surface area contributed by atoms with Gasteiger partial charge in [0.1, 0.15) is 0 Å². The minimum absolute atomic E-state index is 0.0304. The van der Waals surface area contributed by atoms with Gasteiger partial charge in [0.2, 0.25) is 0 Å². The van der Waals surface area contributed by atoms with Crippen molar-refractivity contribution in [3.8, 4) is 0 Å². The molecule has 0 unspecified atom stereocenters. The van der Waals surface area contributed by atoms with Crippen LogP contribution in [0.2, 0.25) is 0 Å². The number of carbonyl (C=O) groups is 1. The summed E-state index contributed by atoms with van der Waals surface area (Å²) in [6, 6.07) is 1.85. The minimum Gasteiger partial charge on any atom is -0.463 e. The highest BCUT2D eigenvalue weighted by molar-refractivity contribution is 7.08. The molecule has 1 aliphatic carbocycles. The van der Waals surface area contributed by atoms with Gasteiger partial charge in [0.25, 0.3) is 0 Å². The number of nitrogens with zero attached hydrogens (tertiary/aromatic N) is 1. The van der Waals surface area contributed by atoms with Crippen LogP contribution in [0.5, 0.6) is 0 Å². The molecular weight excluding hydrogens is 298 g/mol. The van der Waals surface area contributed by atoms with Gasteiger partial charge in [0.15, 0.2) is 5.60 Å². The van der Waals surface area contributed by atoms with Gasteiger partial charge in [0, 0.05) is 18.0 Å². The quantitative estimate of drug-likeness (QED) is 0.618. The van der Waals surface area contributed by atoms with Gasteiger partial charge < -0.3 is 14.7 Å². The maximum Gasteiger partial charge on any atom is 0.343 e. The van der Waals surface area contributed by atoms with Crippen LogP contribution >= 0.6 is 11.3 Å². The first-order valence-electron chi connectivity index (χ1n) is 8.12. The van der Waals surface area contributed by atoms with E-state index in [1.807, 2.05) is 30.9 Å². The number of hydrogen-bond donors (Lipinski definition) is 1. The maximum absolute atomic E-state index is 12.6. The predicted octanol–water partition coefficient (Wildman–Crippen LogP) is 3.01.